The molecule has 2 aromatic heterocycles. The molecular formula is C26H29ClFN3O3. The minimum absolute atomic E-state index is 0.000253. The molecule has 1 aliphatic rings. The third-order valence-corrected chi connectivity index (χ3v) is 6.97. The lowest BCUT2D eigenvalue weighted by molar-refractivity contribution is 0.0996. The van der Waals surface area contributed by atoms with Crippen LogP contribution in [0.3, 0.4) is 0 Å². The van der Waals surface area contributed by atoms with Gasteiger partial charge in [-0.05, 0) is 77.1 Å². The van der Waals surface area contributed by atoms with Crippen LogP contribution < -0.4 is 16.5 Å². The Bertz CT molecular complexity index is 1330. The fourth-order valence-electron chi connectivity index (χ4n) is 4.83. The molecule has 0 spiro atoms. The summed E-state index contributed by atoms with van der Waals surface area (Å²) in [7, 11) is 0. The smallest absolute Gasteiger partial charge is 0.269 e. The second-order valence-electron chi connectivity index (χ2n) is 9.60. The first-order valence-corrected chi connectivity index (χ1v) is 11.8. The van der Waals surface area contributed by atoms with Crippen molar-refractivity contribution in [3.8, 4) is 0 Å². The second-order valence-corrected chi connectivity index (χ2v) is 9.99. The summed E-state index contributed by atoms with van der Waals surface area (Å²) in [6.07, 6.45) is 2.15. The van der Waals surface area contributed by atoms with Gasteiger partial charge in [0.2, 0.25) is 0 Å². The molecule has 1 fully saturated rings. The van der Waals surface area contributed by atoms with Gasteiger partial charge in [-0.1, -0.05) is 17.7 Å². The number of amides is 1. The van der Waals surface area contributed by atoms with Crippen LogP contribution in [0.1, 0.15) is 84.4 Å². The quantitative estimate of drug-likeness (QED) is 0.424. The lowest BCUT2D eigenvalue weighted by Crippen LogP contribution is -2.26. The summed E-state index contributed by atoms with van der Waals surface area (Å²) in [4.78, 5) is 29.3. The molecule has 3 N–H and O–H groups in total. The van der Waals surface area contributed by atoms with Gasteiger partial charge in [-0.3, -0.25) is 9.59 Å². The van der Waals surface area contributed by atoms with Gasteiger partial charge in [0.05, 0.1) is 17.1 Å². The summed E-state index contributed by atoms with van der Waals surface area (Å²) in [6.45, 7) is 7.24. The van der Waals surface area contributed by atoms with E-state index in [4.69, 9.17) is 21.8 Å². The van der Waals surface area contributed by atoms with Gasteiger partial charge >= 0.3 is 0 Å². The standard InChI is InChI=1S/C26H29ClFN3O3/c1-13-11-17(15(3)30-19-5-6-20(27)31-21(19)25(29)33)24-18(12-13)22(32)14(2)23(34-24)16-7-9-26(4,28)10-8-16/h5-6,11-12,15-16,30H,7-10H2,1-4H3,(H2,29,33)/t15-,16?,26?/m1/s1. The zero-order chi connectivity index (χ0) is 24.8. The molecule has 8 heteroatoms. The minimum atomic E-state index is -1.17. The van der Waals surface area contributed by atoms with Crippen molar-refractivity contribution in [2.24, 2.45) is 5.73 Å². The van der Waals surface area contributed by atoms with Gasteiger partial charge in [-0.2, -0.15) is 0 Å². The number of nitrogens with two attached hydrogens (primary N) is 1. The summed E-state index contributed by atoms with van der Waals surface area (Å²) >= 11 is 5.93. The molecule has 1 aliphatic carbocycles. The summed E-state index contributed by atoms with van der Waals surface area (Å²) in [5, 5.41) is 3.93. The summed E-state index contributed by atoms with van der Waals surface area (Å²) in [5.41, 5.74) is 7.45. The van der Waals surface area contributed by atoms with E-state index in [2.05, 4.69) is 10.3 Å². The van der Waals surface area contributed by atoms with E-state index in [1.807, 2.05) is 26.0 Å². The van der Waals surface area contributed by atoms with Crippen molar-refractivity contribution in [1.82, 2.24) is 4.98 Å². The summed E-state index contributed by atoms with van der Waals surface area (Å²) in [6, 6.07) is 6.65. The Morgan fingerprint density at radius 3 is 2.62 bits per heavy atom. The highest BCUT2D eigenvalue weighted by molar-refractivity contribution is 6.29. The number of carbonyl (C=O) groups is 1. The van der Waals surface area contributed by atoms with Gasteiger partial charge in [-0.25, -0.2) is 9.37 Å². The lowest BCUT2D eigenvalue weighted by Gasteiger charge is -2.31. The monoisotopic (exact) mass is 485 g/mol. The Labute approximate surface area is 202 Å². The number of benzene rings is 1. The van der Waals surface area contributed by atoms with Crippen LogP contribution in [0.2, 0.25) is 5.15 Å². The second kappa shape index (κ2) is 9.02. The molecule has 34 heavy (non-hydrogen) atoms. The Kier molecular flexibility index (Phi) is 6.42. The first kappa shape index (κ1) is 24.2. The van der Waals surface area contributed by atoms with Gasteiger partial charge in [0, 0.05) is 17.0 Å². The van der Waals surface area contributed by atoms with Crippen molar-refractivity contribution in [2.75, 3.05) is 5.32 Å². The van der Waals surface area contributed by atoms with Crippen molar-refractivity contribution in [1.29, 1.82) is 0 Å². The minimum Gasteiger partial charge on any atom is -0.460 e. The fraction of sp³-hybridized carbons (Fsp3) is 0.423. The van der Waals surface area contributed by atoms with Crippen molar-refractivity contribution in [3.05, 3.63) is 67.8 Å². The summed E-state index contributed by atoms with van der Waals surface area (Å²) < 4.78 is 20.8. The number of carbonyl (C=O) groups excluding carboxylic acids is 1. The van der Waals surface area contributed by atoms with Crippen LogP contribution in [0, 0.1) is 13.8 Å². The molecule has 4 rings (SSSR count). The molecule has 2 heterocycles. The number of pyridine rings is 1. The molecule has 1 atom stereocenters. The van der Waals surface area contributed by atoms with E-state index in [1.165, 1.54) is 0 Å². The highest BCUT2D eigenvalue weighted by atomic mass is 35.5. The maximum Gasteiger partial charge on any atom is 0.269 e. The number of hydrogen-bond donors (Lipinski definition) is 2. The molecule has 0 aliphatic heterocycles. The zero-order valence-corrected chi connectivity index (χ0v) is 20.6. The molecule has 1 amide bonds. The van der Waals surface area contributed by atoms with E-state index in [9.17, 15) is 14.0 Å². The molecule has 0 unspecified atom stereocenters. The third kappa shape index (κ3) is 4.67. The van der Waals surface area contributed by atoms with Crippen LogP contribution in [0.5, 0.6) is 0 Å². The number of hydrogen-bond acceptors (Lipinski definition) is 5. The number of aryl methyl sites for hydroxylation is 1. The van der Waals surface area contributed by atoms with Crippen molar-refractivity contribution in [2.45, 2.75) is 71.0 Å². The highest BCUT2D eigenvalue weighted by Crippen LogP contribution is 2.41. The Morgan fingerprint density at radius 2 is 1.97 bits per heavy atom. The normalized spacial score (nSPS) is 21.4. The van der Waals surface area contributed by atoms with Crippen LogP contribution in [0.25, 0.3) is 11.0 Å². The molecule has 180 valence electrons. The Morgan fingerprint density at radius 1 is 1.29 bits per heavy atom. The largest absolute Gasteiger partial charge is 0.460 e. The maximum absolute atomic E-state index is 14.4. The number of primary amides is 1. The number of nitrogens with one attached hydrogen (secondary N) is 1. The SMILES string of the molecule is Cc1cc([C@@H](C)Nc2ccc(Cl)nc2C(N)=O)c2oc(C3CCC(C)(F)CC3)c(C)c(=O)c2c1. The predicted molar refractivity (Wildman–Crippen MR) is 132 cm³/mol. The van der Waals surface area contributed by atoms with Crippen molar-refractivity contribution < 1.29 is 13.6 Å². The zero-order valence-electron chi connectivity index (χ0n) is 19.8. The molecule has 0 radical (unpaired) electrons. The molecule has 0 saturated heterocycles. The number of aromatic nitrogens is 1. The number of nitrogens with zero attached hydrogens (tertiary/aromatic N) is 1. The predicted octanol–water partition coefficient (Wildman–Crippen LogP) is 6.12. The first-order valence-electron chi connectivity index (χ1n) is 11.5. The number of fused-ring (bicyclic) bond motifs is 1. The van der Waals surface area contributed by atoms with Crippen LogP contribution in [0.4, 0.5) is 10.1 Å². The average Bonchev–Trinajstić information content (AvgIpc) is 2.77. The van der Waals surface area contributed by atoms with Crippen LogP contribution >= 0.6 is 11.6 Å². The van der Waals surface area contributed by atoms with Crippen LogP contribution in [-0.4, -0.2) is 16.6 Å². The van der Waals surface area contributed by atoms with E-state index in [0.717, 1.165) is 11.1 Å². The average molecular weight is 486 g/mol. The molecule has 1 aromatic carbocycles. The molecular weight excluding hydrogens is 457 g/mol. The van der Waals surface area contributed by atoms with E-state index >= 15 is 0 Å². The fourth-order valence-corrected chi connectivity index (χ4v) is 4.98. The van der Waals surface area contributed by atoms with E-state index in [-0.39, 0.29) is 28.2 Å². The Balaban J connectivity index is 1.79. The third-order valence-electron chi connectivity index (χ3n) is 6.76. The summed E-state index contributed by atoms with van der Waals surface area (Å²) in [5.74, 6) is -0.0653. The molecule has 1 saturated carbocycles. The number of halogens is 2. The van der Waals surface area contributed by atoms with Gasteiger partial charge in [0.1, 0.15) is 22.2 Å². The highest BCUT2D eigenvalue weighted by Gasteiger charge is 2.34. The lowest BCUT2D eigenvalue weighted by atomic mass is 9.79. The molecule has 0 bridgehead atoms. The molecule has 6 nitrogen and oxygen atoms in total. The van der Waals surface area contributed by atoms with Crippen molar-refractivity contribution >= 4 is 34.2 Å². The van der Waals surface area contributed by atoms with Gasteiger partial charge in [0.15, 0.2) is 11.1 Å². The van der Waals surface area contributed by atoms with E-state index < -0.39 is 11.6 Å². The number of anilines is 1. The maximum atomic E-state index is 14.4. The van der Waals surface area contributed by atoms with Crippen LogP contribution in [0.15, 0.2) is 33.5 Å². The number of alkyl halides is 1. The van der Waals surface area contributed by atoms with E-state index in [1.54, 1.807) is 26.0 Å². The van der Waals surface area contributed by atoms with E-state index in [0.29, 0.717) is 53.7 Å². The van der Waals surface area contributed by atoms with Gasteiger partial charge in [-0.15, -0.1) is 0 Å². The van der Waals surface area contributed by atoms with Crippen LogP contribution in [-0.2, 0) is 0 Å². The van der Waals surface area contributed by atoms with Crippen molar-refractivity contribution in [3.63, 3.8) is 0 Å². The first-order chi connectivity index (χ1) is 16.0. The van der Waals surface area contributed by atoms with Gasteiger partial charge in [0.25, 0.3) is 5.91 Å². The Hall–Kier alpha value is -2.93. The molecule has 3 aromatic rings. The number of rotatable bonds is 5. The topological polar surface area (TPSA) is 98.2 Å². The van der Waals surface area contributed by atoms with Gasteiger partial charge < -0.3 is 15.5 Å².